The number of hydrogen-bond acceptors (Lipinski definition) is 7. The highest BCUT2D eigenvalue weighted by molar-refractivity contribution is 5.70. The Kier molecular flexibility index (Phi) is 38.5. The topological polar surface area (TPSA) is 102 Å². The molecule has 2 unspecified atom stereocenters. The fraction of sp³-hybridized carbons (Fsp3) is 0.558. The number of likely N-dealkylation sites (N-methyl/N-ethyl adjacent to an activating group) is 1. The van der Waals surface area contributed by atoms with Gasteiger partial charge in [0.05, 0.1) is 40.3 Å². The van der Waals surface area contributed by atoms with Gasteiger partial charge in [-0.1, -0.05) is 155 Å². The van der Waals surface area contributed by atoms with Crippen LogP contribution >= 0.6 is 0 Å². The van der Waals surface area contributed by atoms with Gasteiger partial charge in [-0.05, 0) is 83.5 Å². The number of carbonyl (C=O) groups excluding carboxylic acids is 3. The molecule has 8 heteroatoms. The van der Waals surface area contributed by atoms with Crippen molar-refractivity contribution in [1.82, 2.24) is 0 Å². The maximum atomic E-state index is 12.7. The average Bonchev–Trinajstić information content (AvgIpc) is 3.21. The van der Waals surface area contributed by atoms with Gasteiger partial charge in [0.25, 0.3) is 0 Å². The molecule has 0 aliphatic carbocycles. The summed E-state index contributed by atoms with van der Waals surface area (Å²) in [6.07, 6.45) is 58.0. The second-order valence-electron chi connectivity index (χ2n) is 15.7. The number of unbranched alkanes of at least 4 members (excludes halogenated alkanes) is 8. The quantitative estimate of drug-likeness (QED) is 0.0201. The molecule has 2 atom stereocenters. The lowest BCUT2D eigenvalue weighted by Crippen LogP contribution is -2.55. The van der Waals surface area contributed by atoms with Crippen molar-refractivity contribution in [3.63, 3.8) is 0 Å². The number of ether oxygens (including phenoxy) is 3. The van der Waals surface area contributed by atoms with E-state index in [1.807, 2.05) is 48.6 Å². The van der Waals surface area contributed by atoms with Gasteiger partial charge < -0.3 is 28.6 Å². The Morgan fingerprint density at radius 3 is 1.53 bits per heavy atom. The summed E-state index contributed by atoms with van der Waals surface area (Å²) in [5.41, 5.74) is 0. The van der Waals surface area contributed by atoms with E-state index >= 15 is 0 Å². The minimum Gasteiger partial charge on any atom is -0.544 e. The molecule has 0 aromatic rings. The van der Waals surface area contributed by atoms with Crippen LogP contribution in [0.1, 0.15) is 136 Å². The van der Waals surface area contributed by atoms with Gasteiger partial charge in [0.2, 0.25) is 0 Å². The van der Waals surface area contributed by atoms with Crippen LogP contribution in [0.3, 0.4) is 0 Å². The fourth-order valence-electron chi connectivity index (χ4n) is 5.70. The number of esters is 2. The van der Waals surface area contributed by atoms with Crippen molar-refractivity contribution in [3.05, 3.63) is 122 Å². The van der Waals surface area contributed by atoms with E-state index in [1.165, 1.54) is 25.7 Å². The van der Waals surface area contributed by atoms with E-state index < -0.39 is 18.1 Å². The number of nitrogens with zero attached hydrogens (tertiary/aromatic N) is 1. The maximum Gasteiger partial charge on any atom is 0.306 e. The van der Waals surface area contributed by atoms with E-state index in [1.54, 1.807) is 21.1 Å². The summed E-state index contributed by atoms with van der Waals surface area (Å²) in [5.74, 6) is -1.87. The van der Waals surface area contributed by atoms with E-state index in [-0.39, 0.29) is 55.5 Å². The summed E-state index contributed by atoms with van der Waals surface area (Å²) >= 11 is 0. The molecule has 0 radical (unpaired) electrons. The van der Waals surface area contributed by atoms with Crippen molar-refractivity contribution in [1.29, 1.82) is 0 Å². The molecule has 336 valence electrons. The highest BCUT2D eigenvalue weighted by atomic mass is 16.6. The molecule has 0 saturated heterocycles. The highest BCUT2D eigenvalue weighted by Crippen LogP contribution is 2.11. The molecule has 8 nitrogen and oxygen atoms in total. The molecule has 0 aliphatic heterocycles. The third-order valence-electron chi connectivity index (χ3n) is 9.21. The van der Waals surface area contributed by atoms with E-state index in [9.17, 15) is 19.5 Å². The van der Waals surface area contributed by atoms with Crippen molar-refractivity contribution in [3.8, 4) is 0 Å². The van der Waals surface area contributed by atoms with Gasteiger partial charge >= 0.3 is 11.9 Å². The lowest BCUT2D eigenvalue weighted by molar-refractivity contribution is -0.889. The molecule has 60 heavy (non-hydrogen) atoms. The van der Waals surface area contributed by atoms with E-state index in [2.05, 4.69) is 86.8 Å². The number of carboxylic acid groups (broad SMARTS) is 1. The van der Waals surface area contributed by atoms with Crippen LogP contribution in [0.2, 0.25) is 0 Å². The standard InChI is InChI=1S/C52H81NO7/c1-6-8-10-12-14-16-18-20-22-23-24-25-26-27-29-31-33-35-37-39-41-43-51(55)60-48(46-58-45-44-49(52(56)57)53(3,4)5)47-59-50(54)42-40-38-36-34-32-30-28-21-19-17-15-13-11-9-7-2/h9,11,13-17,19-22,24-25,27-30,32-33,35,48-49H,6-8,10,12,18,23,26,31,34,36-47H2,1-5H3/b11-9+,15-13+,16-14+,19-17+,22-20+,25-24+,28-21+,29-27+,32-30+,35-33+. The molecule has 0 rings (SSSR count). The largest absolute Gasteiger partial charge is 0.544 e. The number of rotatable bonds is 38. The Morgan fingerprint density at radius 1 is 0.533 bits per heavy atom. The van der Waals surface area contributed by atoms with Crippen LogP contribution < -0.4 is 5.11 Å². The molecule has 0 N–H and O–H groups in total. The fourth-order valence-corrected chi connectivity index (χ4v) is 5.70. The van der Waals surface area contributed by atoms with Gasteiger partial charge in [0, 0.05) is 19.3 Å². The summed E-state index contributed by atoms with van der Waals surface area (Å²) in [4.78, 5) is 36.9. The monoisotopic (exact) mass is 832 g/mol. The van der Waals surface area contributed by atoms with Crippen LogP contribution in [0.5, 0.6) is 0 Å². The molecule has 0 aromatic heterocycles. The smallest absolute Gasteiger partial charge is 0.306 e. The van der Waals surface area contributed by atoms with Crippen molar-refractivity contribution in [2.75, 3.05) is 41.0 Å². The number of quaternary nitrogens is 1. The van der Waals surface area contributed by atoms with Gasteiger partial charge in [-0.15, -0.1) is 0 Å². The number of carbonyl (C=O) groups is 3. The van der Waals surface area contributed by atoms with Crippen LogP contribution in [-0.2, 0) is 28.6 Å². The molecule has 0 fully saturated rings. The number of hydrogen-bond donors (Lipinski definition) is 0. The normalized spacial score (nSPS) is 14.1. The summed E-state index contributed by atoms with van der Waals surface area (Å²) in [5, 5.41) is 11.6. The van der Waals surface area contributed by atoms with Gasteiger partial charge in [0.15, 0.2) is 6.10 Å². The summed E-state index contributed by atoms with van der Waals surface area (Å²) < 4.78 is 17.1. The van der Waals surface area contributed by atoms with Crippen molar-refractivity contribution in [2.45, 2.75) is 148 Å². The third kappa shape index (κ3) is 39.2. The summed E-state index contributed by atoms with van der Waals surface area (Å²) in [7, 11) is 5.36. The van der Waals surface area contributed by atoms with Crippen LogP contribution in [0.4, 0.5) is 0 Å². The Morgan fingerprint density at radius 2 is 1.00 bits per heavy atom. The van der Waals surface area contributed by atoms with Crippen molar-refractivity contribution >= 4 is 17.9 Å². The molecule has 0 bridgehead atoms. The van der Waals surface area contributed by atoms with Crippen molar-refractivity contribution in [2.24, 2.45) is 0 Å². The molecule has 0 spiro atoms. The van der Waals surface area contributed by atoms with Crippen molar-refractivity contribution < 1.29 is 38.2 Å². The molecular formula is C52H81NO7. The number of aliphatic carboxylic acids is 1. The second-order valence-corrected chi connectivity index (χ2v) is 15.7. The molecule has 0 heterocycles. The first-order chi connectivity index (χ1) is 29.1. The lowest BCUT2D eigenvalue weighted by atomic mass is 10.1. The van der Waals surface area contributed by atoms with Crippen LogP contribution in [0.15, 0.2) is 122 Å². The maximum absolute atomic E-state index is 12.7. The van der Waals surface area contributed by atoms with Gasteiger partial charge in [0.1, 0.15) is 12.6 Å². The molecule has 0 aliphatic rings. The third-order valence-corrected chi connectivity index (χ3v) is 9.21. The van der Waals surface area contributed by atoms with Gasteiger partial charge in [-0.3, -0.25) is 9.59 Å². The highest BCUT2D eigenvalue weighted by Gasteiger charge is 2.25. The van der Waals surface area contributed by atoms with E-state index in [4.69, 9.17) is 14.2 Å². The second kappa shape index (κ2) is 41.5. The zero-order valence-corrected chi connectivity index (χ0v) is 38.1. The first-order valence-corrected chi connectivity index (χ1v) is 22.6. The Bertz CT molecular complexity index is 1390. The SMILES string of the molecule is CC/C=C/C=C/C=C/C=C/C=C/CCCCCC(=O)OCC(COCCC(C(=O)[O-])[N+](C)(C)C)OC(=O)CCCC/C=C/C/C=C/C/C=C/C/C=C/C/C=C/CCCCC. The summed E-state index contributed by atoms with van der Waals surface area (Å²) in [6.45, 7) is 4.36. The molecule has 0 amide bonds. The Balaban J connectivity index is 4.52. The number of allylic oxidation sites excluding steroid dienone is 20. The Labute approximate surface area is 365 Å². The van der Waals surface area contributed by atoms with Gasteiger partial charge in [-0.2, -0.15) is 0 Å². The number of carboxylic acids is 1. The first kappa shape index (κ1) is 55.7. The molecule has 0 aromatic carbocycles. The molecular weight excluding hydrogens is 751 g/mol. The van der Waals surface area contributed by atoms with Gasteiger partial charge in [-0.25, -0.2) is 0 Å². The van der Waals surface area contributed by atoms with Crippen LogP contribution in [-0.4, -0.2) is 75.5 Å². The van der Waals surface area contributed by atoms with Crippen LogP contribution in [0, 0.1) is 0 Å². The lowest BCUT2D eigenvalue weighted by Gasteiger charge is -2.34. The minimum absolute atomic E-state index is 0.000272. The minimum atomic E-state index is -1.14. The van der Waals surface area contributed by atoms with Crippen LogP contribution in [0.25, 0.3) is 0 Å². The predicted molar refractivity (Wildman–Crippen MR) is 249 cm³/mol. The molecule has 0 saturated carbocycles. The zero-order valence-electron chi connectivity index (χ0n) is 38.1. The average molecular weight is 832 g/mol. The van der Waals surface area contributed by atoms with E-state index in [0.29, 0.717) is 12.8 Å². The first-order valence-electron chi connectivity index (χ1n) is 22.6. The predicted octanol–water partition coefficient (Wildman–Crippen LogP) is 11.3. The Hall–Kier alpha value is -4.27. The zero-order chi connectivity index (χ0) is 44.2. The van der Waals surface area contributed by atoms with E-state index in [0.717, 1.165) is 64.2 Å². The summed E-state index contributed by atoms with van der Waals surface area (Å²) in [6, 6.07) is -0.749.